The van der Waals surface area contributed by atoms with E-state index in [1.54, 1.807) is 17.3 Å². The van der Waals surface area contributed by atoms with Crippen molar-refractivity contribution in [1.29, 1.82) is 0 Å². The molecular weight excluding hydrogens is 402 g/mol. The molecule has 1 N–H and O–H groups in total. The molecule has 1 aliphatic rings. The largest absolute Gasteiger partial charge is 0.481 e. The van der Waals surface area contributed by atoms with Crippen molar-refractivity contribution in [2.24, 2.45) is 0 Å². The molecule has 6 nitrogen and oxygen atoms in total. The summed E-state index contributed by atoms with van der Waals surface area (Å²) in [6.07, 6.45) is 5.24. The molecule has 1 fully saturated rings. The molecule has 1 aromatic carbocycles. The van der Waals surface area contributed by atoms with Gasteiger partial charge in [-0.1, -0.05) is 6.07 Å². The van der Waals surface area contributed by atoms with Gasteiger partial charge in [-0.05, 0) is 49.2 Å². The van der Waals surface area contributed by atoms with E-state index in [9.17, 15) is 13.6 Å². The fraction of sp³-hybridized carbons (Fsp3) is 0.261. The number of pyridine rings is 2. The Kier molecular flexibility index (Phi) is 6.35. The number of hydrogen-bond donors (Lipinski definition) is 1. The van der Waals surface area contributed by atoms with E-state index >= 15 is 0 Å². The summed E-state index contributed by atoms with van der Waals surface area (Å²) in [5.74, 6) is -1.03. The van der Waals surface area contributed by atoms with Crippen LogP contribution in [0.2, 0.25) is 0 Å². The Balaban J connectivity index is 1.33. The maximum atomic E-state index is 13.7. The molecule has 31 heavy (non-hydrogen) atoms. The highest BCUT2D eigenvalue weighted by Gasteiger charge is 2.26. The summed E-state index contributed by atoms with van der Waals surface area (Å²) in [4.78, 5) is 23.0. The standard InChI is InChI=1S/C23H22F2N4O2/c24-17-6-9-21(19(25)12-17)31-15-23(30)29-11-3-4-16(14-29)20-8-7-18(13-27-20)28-22-5-1-2-10-26-22/h1-2,5-10,12-13,16H,3-4,11,14-15H2,(H,26,28)/t16-/m0/s1. The Morgan fingerprint density at radius 1 is 1.16 bits per heavy atom. The van der Waals surface area contributed by atoms with Crippen molar-refractivity contribution in [3.63, 3.8) is 0 Å². The third-order valence-corrected chi connectivity index (χ3v) is 5.16. The van der Waals surface area contributed by atoms with Crippen molar-refractivity contribution < 1.29 is 18.3 Å². The highest BCUT2D eigenvalue weighted by molar-refractivity contribution is 5.78. The van der Waals surface area contributed by atoms with E-state index in [4.69, 9.17) is 4.74 Å². The molecule has 0 unspecified atom stereocenters. The van der Waals surface area contributed by atoms with Crippen molar-refractivity contribution in [2.45, 2.75) is 18.8 Å². The average Bonchev–Trinajstić information content (AvgIpc) is 2.79. The topological polar surface area (TPSA) is 67.3 Å². The highest BCUT2D eigenvalue weighted by Crippen LogP contribution is 2.27. The van der Waals surface area contributed by atoms with Crippen molar-refractivity contribution in [3.8, 4) is 5.75 Å². The Bertz CT molecular complexity index is 1030. The highest BCUT2D eigenvalue weighted by atomic mass is 19.1. The maximum absolute atomic E-state index is 13.7. The Morgan fingerprint density at radius 3 is 2.81 bits per heavy atom. The zero-order valence-electron chi connectivity index (χ0n) is 16.8. The second-order valence-corrected chi connectivity index (χ2v) is 7.35. The van der Waals surface area contributed by atoms with E-state index in [1.165, 1.54) is 6.07 Å². The fourth-order valence-corrected chi connectivity index (χ4v) is 3.57. The van der Waals surface area contributed by atoms with Gasteiger partial charge in [0.2, 0.25) is 0 Å². The number of benzene rings is 1. The van der Waals surface area contributed by atoms with Crippen molar-refractivity contribution in [1.82, 2.24) is 14.9 Å². The first-order valence-corrected chi connectivity index (χ1v) is 10.1. The number of nitrogens with one attached hydrogen (secondary N) is 1. The molecule has 2 aromatic heterocycles. The van der Waals surface area contributed by atoms with Gasteiger partial charge in [0.15, 0.2) is 18.2 Å². The smallest absolute Gasteiger partial charge is 0.260 e. The van der Waals surface area contributed by atoms with Gasteiger partial charge < -0.3 is 15.0 Å². The average molecular weight is 424 g/mol. The van der Waals surface area contributed by atoms with Gasteiger partial charge in [-0.25, -0.2) is 13.8 Å². The molecule has 0 spiro atoms. The lowest BCUT2D eigenvalue weighted by atomic mass is 9.94. The predicted octanol–water partition coefficient (Wildman–Crippen LogP) is 4.28. The minimum absolute atomic E-state index is 0.115. The summed E-state index contributed by atoms with van der Waals surface area (Å²) >= 11 is 0. The zero-order chi connectivity index (χ0) is 21.6. The summed E-state index contributed by atoms with van der Waals surface area (Å²) in [5.41, 5.74) is 1.75. The van der Waals surface area contributed by atoms with Crippen LogP contribution in [0.5, 0.6) is 5.75 Å². The molecule has 3 heterocycles. The number of carbonyl (C=O) groups is 1. The fourth-order valence-electron chi connectivity index (χ4n) is 3.57. The molecule has 0 aliphatic carbocycles. The summed E-state index contributed by atoms with van der Waals surface area (Å²) in [5, 5.41) is 3.19. The first-order chi connectivity index (χ1) is 15.1. The number of nitrogens with zero attached hydrogens (tertiary/aromatic N) is 3. The molecule has 0 saturated carbocycles. The van der Waals surface area contributed by atoms with E-state index in [2.05, 4.69) is 15.3 Å². The molecule has 8 heteroatoms. The second-order valence-electron chi connectivity index (χ2n) is 7.35. The summed E-state index contributed by atoms with van der Waals surface area (Å²) in [7, 11) is 0. The number of carbonyl (C=O) groups excluding carboxylic acids is 1. The molecule has 1 saturated heterocycles. The van der Waals surface area contributed by atoms with Gasteiger partial charge in [0.1, 0.15) is 11.6 Å². The van der Waals surface area contributed by atoms with Gasteiger partial charge in [-0.3, -0.25) is 9.78 Å². The molecule has 1 atom stereocenters. The van der Waals surface area contributed by atoms with Crippen molar-refractivity contribution >= 4 is 17.4 Å². The number of anilines is 2. The molecule has 4 rings (SSSR count). The lowest BCUT2D eigenvalue weighted by molar-refractivity contribution is -0.134. The van der Waals surface area contributed by atoms with Crippen LogP contribution in [0.4, 0.5) is 20.3 Å². The van der Waals surface area contributed by atoms with Gasteiger partial charge in [-0.2, -0.15) is 0 Å². The van der Waals surface area contributed by atoms with Crippen LogP contribution in [0.15, 0.2) is 60.9 Å². The molecule has 0 bridgehead atoms. The minimum atomic E-state index is -0.826. The van der Waals surface area contributed by atoms with Crippen LogP contribution in [0, 0.1) is 11.6 Å². The van der Waals surface area contributed by atoms with Crippen LogP contribution >= 0.6 is 0 Å². The summed E-state index contributed by atoms with van der Waals surface area (Å²) in [6.45, 7) is 0.841. The van der Waals surface area contributed by atoms with E-state index in [1.807, 2.05) is 30.3 Å². The van der Waals surface area contributed by atoms with Crippen LogP contribution < -0.4 is 10.1 Å². The second kappa shape index (κ2) is 9.51. The number of amides is 1. The first-order valence-electron chi connectivity index (χ1n) is 10.1. The van der Waals surface area contributed by atoms with Crippen LogP contribution in [-0.2, 0) is 4.79 Å². The Labute approximate surface area is 178 Å². The number of halogens is 2. The van der Waals surface area contributed by atoms with Crippen molar-refractivity contribution in [2.75, 3.05) is 25.0 Å². The van der Waals surface area contributed by atoms with Gasteiger partial charge >= 0.3 is 0 Å². The number of rotatable bonds is 6. The third kappa shape index (κ3) is 5.33. The predicted molar refractivity (Wildman–Crippen MR) is 112 cm³/mol. The quantitative estimate of drug-likeness (QED) is 0.640. The Hall–Kier alpha value is -3.55. The van der Waals surface area contributed by atoms with Gasteiger partial charge in [-0.15, -0.1) is 0 Å². The minimum Gasteiger partial charge on any atom is -0.481 e. The molecule has 1 aliphatic heterocycles. The monoisotopic (exact) mass is 424 g/mol. The van der Waals surface area contributed by atoms with E-state index in [0.717, 1.165) is 42.2 Å². The number of ether oxygens (including phenoxy) is 1. The van der Waals surface area contributed by atoms with Gasteiger partial charge in [0, 0.05) is 37.0 Å². The molecular formula is C23H22F2N4O2. The normalized spacial score (nSPS) is 16.1. The van der Waals surface area contributed by atoms with Crippen LogP contribution in [-0.4, -0.2) is 40.5 Å². The lowest BCUT2D eigenvalue weighted by Crippen LogP contribution is -2.41. The van der Waals surface area contributed by atoms with Gasteiger partial charge in [0.05, 0.1) is 11.9 Å². The zero-order valence-corrected chi connectivity index (χ0v) is 16.8. The first kappa shape index (κ1) is 20.7. The SMILES string of the molecule is O=C(COc1ccc(F)cc1F)N1CCC[C@H](c2ccc(Nc3ccccn3)cn2)C1. The number of likely N-dealkylation sites (tertiary alicyclic amines) is 1. The summed E-state index contributed by atoms with van der Waals surface area (Å²) in [6, 6.07) is 12.5. The van der Waals surface area contributed by atoms with Gasteiger partial charge in [0.25, 0.3) is 5.91 Å². The Morgan fingerprint density at radius 2 is 2.06 bits per heavy atom. The molecule has 1 amide bonds. The number of hydrogen-bond acceptors (Lipinski definition) is 5. The third-order valence-electron chi connectivity index (χ3n) is 5.16. The van der Waals surface area contributed by atoms with Crippen LogP contribution in [0.3, 0.4) is 0 Å². The lowest BCUT2D eigenvalue weighted by Gasteiger charge is -2.32. The van der Waals surface area contributed by atoms with E-state index < -0.39 is 11.6 Å². The number of aromatic nitrogens is 2. The van der Waals surface area contributed by atoms with Crippen molar-refractivity contribution in [3.05, 3.63) is 78.3 Å². The molecule has 0 radical (unpaired) electrons. The summed E-state index contributed by atoms with van der Waals surface area (Å²) < 4.78 is 31.9. The number of piperidine rings is 1. The van der Waals surface area contributed by atoms with E-state index in [0.29, 0.717) is 13.1 Å². The maximum Gasteiger partial charge on any atom is 0.260 e. The van der Waals surface area contributed by atoms with E-state index in [-0.39, 0.29) is 24.2 Å². The molecule has 160 valence electrons. The van der Waals surface area contributed by atoms with Crippen LogP contribution in [0.1, 0.15) is 24.5 Å². The van der Waals surface area contributed by atoms with Crippen LogP contribution in [0.25, 0.3) is 0 Å². The molecule has 3 aromatic rings.